The number of aromatic nitrogens is 2. The van der Waals surface area contributed by atoms with Crippen LogP contribution in [0.25, 0.3) is 5.69 Å². The molecule has 0 saturated carbocycles. The molecule has 2 rings (SSSR count). The lowest BCUT2D eigenvalue weighted by atomic mass is 10.3. The number of rotatable bonds is 6. The van der Waals surface area contributed by atoms with Crippen molar-refractivity contribution in [1.29, 1.82) is 0 Å². The molecule has 0 bridgehead atoms. The minimum absolute atomic E-state index is 0.313. The van der Waals surface area contributed by atoms with Crippen molar-refractivity contribution in [2.24, 2.45) is 0 Å². The minimum Gasteiger partial charge on any atom is -0.480 e. The van der Waals surface area contributed by atoms with Gasteiger partial charge in [-0.2, -0.15) is 5.10 Å². The lowest BCUT2D eigenvalue weighted by Crippen LogP contribution is -2.37. The zero-order valence-electron chi connectivity index (χ0n) is 11.8. The minimum atomic E-state index is -1.03. The van der Waals surface area contributed by atoms with Crippen molar-refractivity contribution in [3.05, 3.63) is 48.3 Å². The van der Waals surface area contributed by atoms with E-state index in [9.17, 15) is 9.59 Å². The molecule has 0 saturated heterocycles. The fourth-order valence-electron chi connectivity index (χ4n) is 2.09. The molecular weight excluding hydrogens is 270 g/mol. The SMILES string of the molecule is CCCN(CC(=O)O)C(=O)c1ccnn1-c1ccccc1. The highest BCUT2D eigenvalue weighted by atomic mass is 16.4. The van der Waals surface area contributed by atoms with Crippen molar-refractivity contribution in [1.82, 2.24) is 14.7 Å². The number of carboxylic acids is 1. The molecule has 1 amide bonds. The van der Waals surface area contributed by atoms with Crippen molar-refractivity contribution in [2.45, 2.75) is 13.3 Å². The van der Waals surface area contributed by atoms with Gasteiger partial charge in [-0.15, -0.1) is 0 Å². The molecule has 0 atom stereocenters. The van der Waals surface area contributed by atoms with Gasteiger partial charge in [0.1, 0.15) is 12.2 Å². The molecule has 0 aliphatic heterocycles. The number of carbonyl (C=O) groups excluding carboxylic acids is 1. The van der Waals surface area contributed by atoms with Gasteiger partial charge in [-0.25, -0.2) is 4.68 Å². The number of nitrogens with zero attached hydrogens (tertiary/aromatic N) is 3. The molecule has 0 unspecified atom stereocenters. The van der Waals surface area contributed by atoms with Crippen LogP contribution in [0.15, 0.2) is 42.6 Å². The van der Waals surface area contributed by atoms with E-state index >= 15 is 0 Å². The molecule has 0 aliphatic carbocycles. The Morgan fingerprint density at radius 3 is 2.57 bits per heavy atom. The molecule has 0 aliphatic rings. The van der Waals surface area contributed by atoms with Gasteiger partial charge in [0, 0.05) is 6.54 Å². The van der Waals surface area contributed by atoms with Gasteiger partial charge in [0.2, 0.25) is 0 Å². The Morgan fingerprint density at radius 2 is 1.95 bits per heavy atom. The molecule has 21 heavy (non-hydrogen) atoms. The van der Waals surface area contributed by atoms with E-state index < -0.39 is 5.97 Å². The molecule has 6 nitrogen and oxygen atoms in total. The number of carboxylic acid groups (broad SMARTS) is 1. The largest absolute Gasteiger partial charge is 0.480 e. The Kier molecular flexibility index (Phi) is 4.71. The van der Waals surface area contributed by atoms with Crippen LogP contribution in [0.3, 0.4) is 0 Å². The summed E-state index contributed by atoms with van der Waals surface area (Å²) in [6.45, 7) is 1.98. The summed E-state index contributed by atoms with van der Waals surface area (Å²) in [5, 5.41) is 13.1. The first-order chi connectivity index (χ1) is 10.1. The van der Waals surface area contributed by atoms with Gasteiger partial charge >= 0.3 is 5.97 Å². The van der Waals surface area contributed by atoms with Crippen LogP contribution < -0.4 is 0 Å². The summed E-state index contributed by atoms with van der Waals surface area (Å²) >= 11 is 0. The molecule has 1 heterocycles. The van der Waals surface area contributed by atoms with Gasteiger partial charge in [0.15, 0.2) is 0 Å². The van der Waals surface area contributed by atoms with Gasteiger partial charge in [0.05, 0.1) is 11.9 Å². The molecule has 110 valence electrons. The maximum absolute atomic E-state index is 12.5. The van der Waals surface area contributed by atoms with E-state index in [4.69, 9.17) is 5.11 Å². The van der Waals surface area contributed by atoms with E-state index in [-0.39, 0.29) is 12.5 Å². The van der Waals surface area contributed by atoms with Crippen LogP contribution in [0, 0.1) is 0 Å². The molecule has 1 aromatic heterocycles. The van der Waals surface area contributed by atoms with Crippen molar-refractivity contribution >= 4 is 11.9 Å². The van der Waals surface area contributed by atoms with Gasteiger partial charge in [0.25, 0.3) is 5.91 Å². The first-order valence-electron chi connectivity index (χ1n) is 6.74. The molecule has 2 aromatic rings. The van der Waals surface area contributed by atoms with E-state index in [1.165, 1.54) is 15.8 Å². The number of hydrogen-bond donors (Lipinski definition) is 1. The summed E-state index contributed by atoms with van der Waals surface area (Å²) < 4.78 is 1.52. The Bertz CT molecular complexity index is 622. The van der Waals surface area contributed by atoms with Crippen LogP contribution in [0.4, 0.5) is 0 Å². The highest BCUT2D eigenvalue weighted by Crippen LogP contribution is 2.12. The summed E-state index contributed by atoms with van der Waals surface area (Å²) in [7, 11) is 0. The average Bonchev–Trinajstić information content (AvgIpc) is 2.96. The number of aliphatic carboxylic acids is 1. The normalized spacial score (nSPS) is 10.3. The highest BCUT2D eigenvalue weighted by Gasteiger charge is 2.21. The highest BCUT2D eigenvalue weighted by molar-refractivity contribution is 5.94. The molecule has 6 heteroatoms. The second-order valence-electron chi connectivity index (χ2n) is 4.58. The van der Waals surface area contributed by atoms with Crippen molar-refractivity contribution in [3.63, 3.8) is 0 Å². The smallest absolute Gasteiger partial charge is 0.323 e. The third kappa shape index (κ3) is 3.47. The van der Waals surface area contributed by atoms with Gasteiger partial charge in [-0.3, -0.25) is 9.59 Å². The molecule has 0 radical (unpaired) electrons. The van der Waals surface area contributed by atoms with Crippen molar-refractivity contribution < 1.29 is 14.7 Å². The van der Waals surface area contributed by atoms with Crippen LogP contribution >= 0.6 is 0 Å². The Morgan fingerprint density at radius 1 is 1.24 bits per heavy atom. The van der Waals surface area contributed by atoms with E-state index in [0.29, 0.717) is 18.7 Å². The zero-order valence-corrected chi connectivity index (χ0v) is 11.8. The lowest BCUT2D eigenvalue weighted by molar-refractivity contribution is -0.137. The topological polar surface area (TPSA) is 75.4 Å². The summed E-state index contributed by atoms with van der Waals surface area (Å²) in [5.74, 6) is -1.36. The molecule has 0 spiro atoms. The third-order valence-corrected chi connectivity index (χ3v) is 2.97. The van der Waals surface area contributed by atoms with Gasteiger partial charge in [-0.05, 0) is 24.6 Å². The standard InChI is InChI=1S/C15H17N3O3/c1-2-10-17(11-14(19)20)15(21)13-8-9-16-18(13)12-6-4-3-5-7-12/h3-9H,2,10-11H2,1H3,(H,19,20). The summed E-state index contributed by atoms with van der Waals surface area (Å²) in [6.07, 6.45) is 2.23. The maximum atomic E-state index is 12.5. The third-order valence-electron chi connectivity index (χ3n) is 2.97. The van der Waals surface area contributed by atoms with Crippen LogP contribution in [-0.4, -0.2) is 44.8 Å². The van der Waals surface area contributed by atoms with Crippen LogP contribution in [0.1, 0.15) is 23.8 Å². The Hall–Kier alpha value is -2.63. The molecule has 1 N–H and O–H groups in total. The second kappa shape index (κ2) is 6.69. The average molecular weight is 287 g/mol. The van der Waals surface area contributed by atoms with Gasteiger partial charge < -0.3 is 10.0 Å². The van der Waals surface area contributed by atoms with E-state index in [2.05, 4.69) is 5.10 Å². The molecular formula is C15H17N3O3. The van der Waals surface area contributed by atoms with Gasteiger partial charge in [-0.1, -0.05) is 25.1 Å². The number of amides is 1. The Balaban J connectivity index is 2.31. The Labute approximate surface area is 122 Å². The van der Waals surface area contributed by atoms with Crippen molar-refractivity contribution in [2.75, 3.05) is 13.1 Å². The van der Waals surface area contributed by atoms with E-state index in [1.807, 2.05) is 37.3 Å². The van der Waals surface area contributed by atoms with E-state index in [0.717, 1.165) is 5.69 Å². The van der Waals surface area contributed by atoms with Crippen LogP contribution in [0.5, 0.6) is 0 Å². The van der Waals surface area contributed by atoms with Crippen LogP contribution in [0.2, 0.25) is 0 Å². The summed E-state index contributed by atoms with van der Waals surface area (Å²) in [5.41, 5.74) is 1.12. The quantitative estimate of drug-likeness (QED) is 0.879. The second-order valence-corrected chi connectivity index (χ2v) is 4.58. The van der Waals surface area contributed by atoms with E-state index in [1.54, 1.807) is 6.07 Å². The number of para-hydroxylation sites is 1. The number of benzene rings is 1. The maximum Gasteiger partial charge on any atom is 0.323 e. The fraction of sp³-hybridized carbons (Fsp3) is 0.267. The number of carbonyl (C=O) groups is 2. The predicted molar refractivity (Wildman–Crippen MR) is 77.4 cm³/mol. The van der Waals surface area contributed by atoms with Crippen molar-refractivity contribution in [3.8, 4) is 5.69 Å². The fourth-order valence-corrected chi connectivity index (χ4v) is 2.09. The summed E-state index contributed by atoms with van der Waals surface area (Å²) in [6, 6.07) is 10.9. The monoisotopic (exact) mass is 287 g/mol. The molecule has 0 fully saturated rings. The first-order valence-corrected chi connectivity index (χ1v) is 6.74. The summed E-state index contributed by atoms with van der Waals surface area (Å²) in [4.78, 5) is 24.7. The first kappa shape index (κ1) is 14.8. The number of hydrogen-bond acceptors (Lipinski definition) is 3. The molecule has 1 aromatic carbocycles. The lowest BCUT2D eigenvalue weighted by Gasteiger charge is -2.20. The van der Waals surface area contributed by atoms with Crippen LogP contribution in [-0.2, 0) is 4.79 Å². The zero-order chi connectivity index (χ0) is 15.2. The predicted octanol–water partition coefficient (Wildman–Crippen LogP) is 1.81.